The molecular weight excluding hydrogens is 188 g/mol. The van der Waals surface area contributed by atoms with Crippen molar-refractivity contribution in [1.82, 2.24) is 4.98 Å². The third-order valence-electron chi connectivity index (χ3n) is 1.88. The van der Waals surface area contributed by atoms with E-state index in [2.05, 4.69) is 4.98 Å². The Labute approximate surface area is 80.5 Å². The van der Waals surface area contributed by atoms with Gasteiger partial charge in [0, 0.05) is 6.54 Å². The van der Waals surface area contributed by atoms with Crippen LogP contribution in [0.4, 0.5) is 0 Å². The second kappa shape index (κ2) is 3.36. The number of nitrogens with two attached hydrogens (primary N) is 1. The lowest BCUT2D eigenvalue weighted by atomic mass is 10.2. The molecule has 0 saturated heterocycles. The summed E-state index contributed by atoms with van der Waals surface area (Å²) in [5.41, 5.74) is 8.10. The summed E-state index contributed by atoms with van der Waals surface area (Å²) >= 11 is 5.61. The van der Waals surface area contributed by atoms with Crippen molar-refractivity contribution in [3.05, 3.63) is 29.7 Å². The molecule has 0 radical (unpaired) electrons. The van der Waals surface area contributed by atoms with Crippen molar-refractivity contribution in [3.8, 4) is 0 Å². The van der Waals surface area contributed by atoms with Gasteiger partial charge < -0.3 is 10.2 Å². The predicted octanol–water partition coefficient (Wildman–Crippen LogP) is 2.03. The molecule has 3 nitrogen and oxygen atoms in total. The van der Waals surface area contributed by atoms with Gasteiger partial charge in [0.05, 0.1) is 5.88 Å². The van der Waals surface area contributed by atoms with Gasteiger partial charge in [-0.15, -0.1) is 11.6 Å². The van der Waals surface area contributed by atoms with Crippen LogP contribution in [0.3, 0.4) is 0 Å². The van der Waals surface area contributed by atoms with E-state index in [1.807, 2.05) is 18.2 Å². The smallest absolute Gasteiger partial charge is 0.210 e. The number of benzene rings is 1. The minimum atomic E-state index is 0.290. The van der Waals surface area contributed by atoms with Gasteiger partial charge in [0.25, 0.3) is 0 Å². The van der Waals surface area contributed by atoms with Crippen LogP contribution in [0.1, 0.15) is 11.5 Å². The van der Waals surface area contributed by atoms with Crippen LogP contribution in [0.5, 0.6) is 0 Å². The van der Waals surface area contributed by atoms with Gasteiger partial charge in [-0.2, -0.15) is 0 Å². The molecule has 2 aromatic rings. The molecule has 0 aliphatic heterocycles. The van der Waals surface area contributed by atoms with E-state index >= 15 is 0 Å². The summed E-state index contributed by atoms with van der Waals surface area (Å²) in [4.78, 5) is 4.22. The van der Waals surface area contributed by atoms with Gasteiger partial charge in [0.2, 0.25) is 5.89 Å². The zero-order valence-electron chi connectivity index (χ0n) is 6.96. The first-order valence-corrected chi connectivity index (χ1v) is 4.52. The Morgan fingerprint density at radius 1 is 1.46 bits per heavy atom. The van der Waals surface area contributed by atoms with Gasteiger partial charge in [-0.05, 0) is 11.6 Å². The third kappa shape index (κ3) is 1.41. The van der Waals surface area contributed by atoms with E-state index < -0.39 is 0 Å². The average Bonchev–Trinajstić information content (AvgIpc) is 2.59. The van der Waals surface area contributed by atoms with Crippen LogP contribution in [0.25, 0.3) is 11.1 Å². The summed E-state index contributed by atoms with van der Waals surface area (Å²) in [5.74, 6) is 0.830. The number of rotatable bonds is 2. The van der Waals surface area contributed by atoms with Crippen LogP contribution < -0.4 is 5.73 Å². The van der Waals surface area contributed by atoms with Gasteiger partial charge in [-0.25, -0.2) is 4.98 Å². The predicted molar refractivity (Wildman–Crippen MR) is 51.5 cm³/mol. The monoisotopic (exact) mass is 196 g/mol. The fraction of sp³-hybridized carbons (Fsp3) is 0.222. The van der Waals surface area contributed by atoms with E-state index in [9.17, 15) is 0 Å². The average molecular weight is 197 g/mol. The van der Waals surface area contributed by atoms with Crippen LogP contribution in [0.15, 0.2) is 22.6 Å². The van der Waals surface area contributed by atoms with Gasteiger partial charge in [0.1, 0.15) is 5.52 Å². The fourth-order valence-corrected chi connectivity index (χ4v) is 1.39. The first kappa shape index (κ1) is 8.53. The summed E-state index contributed by atoms with van der Waals surface area (Å²) in [6.07, 6.45) is 0. The van der Waals surface area contributed by atoms with Crippen LogP contribution in [0.2, 0.25) is 0 Å². The highest BCUT2D eigenvalue weighted by molar-refractivity contribution is 6.16. The number of alkyl halides is 1. The Morgan fingerprint density at radius 2 is 2.31 bits per heavy atom. The van der Waals surface area contributed by atoms with Gasteiger partial charge in [-0.3, -0.25) is 0 Å². The lowest BCUT2D eigenvalue weighted by Gasteiger charge is -1.94. The molecule has 0 aliphatic carbocycles. The number of nitrogens with zero attached hydrogens (tertiary/aromatic N) is 1. The zero-order valence-corrected chi connectivity index (χ0v) is 7.71. The number of halogens is 1. The van der Waals surface area contributed by atoms with Crippen molar-refractivity contribution < 1.29 is 4.42 Å². The molecule has 13 heavy (non-hydrogen) atoms. The topological polar surface area (TPSA) is 52.0 Å². The van der Waals surface area contributed by atoms with Crippen molar-refractivity contribution in [2.75, 3.05) is 0 Å². The zero-order chi connectivity index (χ0) is 9.26. The molecular formula is C9H9ClN2O. The minimum Gasteiger partial charge on any atom is -0.439 e. The molecule has 0 unspecified atom stereocenters. The SMILES string of the molecule is NCc1cccc2oc(CCl)nc12. The maximum absolute atomic E-state index is 5.61. The van der Waals surface area contributed by atoms with Crippen molar-refractivity contribution in [1.29, 1.82) is 0 Å². The highest BCUT2D eigenvalue weighted by Gasteiger charge is 2.07. The Bertz CT molecular complexity index is 424. The van der Waals surface area contributed by atoms with Gasteiger partial charge in [0.15, 0.2) is 5.58 Å². The normalized spacial score (nSPS) is 10.9. The summed E-state index contributed by atoms with van der Waals surface area (Å²) in [7, 11) is 0. The Balaban J connectivity index is 2.67. The highest BCUT2D eigenvalue weighted by Crippen LogP contribution is 2.19. The van der Waals surface area contributed by atoms with Crippen molar-refractivity contribution in [2.24, 2.45) is 5.73 Å². The van der Waals surface area contributed by atoms with Gasteiger partial charge >= 0.3 is 0 Å². The quantitative estimate of drug-likeness (QED) is 0.748. The molecule has 4 heteroatoms. The molecule has 68 valence electrons. The number of hydrogen-bond acceptors (Lipinski definition) is 3. The molecule has 0 saturated carbocycles. The summed E-state index contributed by atoms with van der Waals surface area (Å²) < 4.78 is 5.36. The number of hydrogen-bond donors (Lipinski definition) is 1. The van der Waals surface area contributed by atoms with Crippen LogP contribution >= 0.6 is 11.6 Å². The summed E-state index contributed by atoms with van der Waals surface area (Å²) in [6.45, 7) is 0.464. The first-order chi connectivity index (χ1) is 6.35. The van der Waals surface area contributed by atoms with E-state index in [1.54, 1.807) is 0 Å². The largest absolute Gasteiger partial charge is 0.439 e. The molecule has 0 spiro atoms. The second-order valence-corrected chi connectivity index (χ2v) is 2.98. The van der Waals surface area contributed by atoms with Crippen LogP contribution in [-0.2, 0) is 12.4 Å². The van der Waals surface area contributed by atoms with Gasteiger partial charge in [-0.1, -0.05) is 12.1 Å². The molecule has 2 N–H and O–H groups in total. The van der Waals surface area contributed by atoms with Crippen LogP contribution in [0, 0.1) is 0 Å². The van der Waals surface area contributed by atoms with E-state index in [4.69, 9.17) is 21.8 Å². The van der Waals surface area contributed by atoms with Crippen molar-refractivity contribution >= 4 is 22.7 Å². The molecule has 2 rings (SSSR count). The number of fused-ring (bicyclic) bond motifs is 1. The maximum Gasteiger partial charge on any atom is 0.210 e. The second-order valence-electron chi connectivity index (χ2n) is 2.71. The maximum atomic E-state index is 5.61. The number of para-hydroxylation sites is 1. The highest BCUT2D eigenvalue weighted by atomic mass is 35.5. The third-order valence-corrected chi connectivity index (χ3v) is 2.11. The summed E-state index contributed by atoms with van der Waals surface area (Å²) in [6, 6.07) is 5.69. The molecule has 1 aromatic carbocycles. The number of oxazole rings is 1. The lowest BCUT2D eigenvalue weighted by molar-refractivity contribution is 0.555. The van der Waals surface area contributed by atoms with E-state index in [-0.39, 0.29) is 0 Å². The molecule has 1 heterocycles. The van der Waals surface area contributed by atoms with Crippen LogP contribution in [-0.4, -0.2) is 4.98 Å². The fourth-order valence-electron chi connectivity index (χ4n) is 1.27. The van der Waals surface area contributed by atoms with E-state index in [1.165, 1.54) is 0 Å². The Kier molecular flexibility index (Phi) is 2.20. The molecule has 0 aliphatic rings. The minimum absolute atomic E-state index is 0.290. The summed E-state index contributed by atoms with van der Waals surface area (Å²) in [5, 5.41) is 0. The number of aromatic nitrogens is 1. The standard InChI is InChI=1S/C9H9ClN2O/c10-4-8-12-9-6(5-11)2-1-3-7(9)13-8/h1-3H,4-5,11H2. The molecule has 1 aromatic heterocycles. The molecule has 0 fully saturated rings. The Hall–Kier alpha value is -1.06. The molecule has 0 atom stereocenters. The first-order valence-electron chi connectivity index (χ1n) is 3.98. The Morgan fingerprint density at radius 3 is 3.00 bits per heavy atom. The molecule has 0 bridgehead atoms. The van der Waals surface area contributed by atoms with Crippen molar-refractivity contribution in [2.45, 2.75) is 12.4 Å². The molecule has 0 amide bonds. The lowest BCUT2D eigenvalue weighted by Crippen LogP contribution is -1.96. The van der Waals surface area contributed by atoms with E-state index in [0.717, 1.165) is 16.7 Å². The van der Waals surface area contributed by atoms with E-state index in [0.29, 0.717) is 18.3 Å². The van der Waals surface area contributed by atoms with Crippen molar-refractivity contribution in [3.63, 3.8) is 0 Å².